The van der Waals surface area contributed by atoms with Crippen molar-refractivity contribution in [3.05, 3.63) is 35.5 Å². The predicted octanol–water partition coefficient (Wildman–Crippen LogP) is 4.18. The molecule has 1 unspecified atom stereocenters. The number of aryl methyl sites for hydroxylation is 1. The van der Waals surface area contributed by atoms with Gasteiger partial charge in [-0.15, -0.1) is 22.6 Å². The van der Waals surface area contributed by atoms with Crippen LogP contribution in [0.5, 0.6) is 5.75 Å². The number of methoxy groups -OCH3 is 1. The average Bonchev–Trinajstić information content (AvgIpc) is 3.10. The smallest absolute Gasteiger partial charge is 0.416 e. The van der Waals surface area contributed by atoms with Crippen LogP contribution in [0.15, 0.2) is 24.4 Å². The van der Waals surface area contributed by atoms with Gasteiger partial charge in [0, 0.05) is 17.5 Å². The third-order valence-electron chi connectivity index (χ3n) is 5.06. The number of rotatable bonds is 3. The van der Waals surface area contributed by atoms with Gasteiger partial charge in [0.15, 0.2) is 5.65 Å². The lowest BCUT2D eigenvalue weighted by Gasteiger charge is -2.23. The van der Waals surface area contributed by atoms with Crippen molar-refractivity contribution in [2.75, 3.05) is 20.2 Å². The van der Waals surface area contributed by atoms with Crippen molar-refractivity contribution in [3.63, 3.8) is 0 Å². The van der Waals surface area contributed by atoms with Crippen LogP contribution in [0.2, 0.25) is 0 Å². The van der Waals surface area contributed by atoms with Crippen molar-refractivity contribution in [3.8, 4) is 17.0 Å². The highest BCUT2D eigenvalue weighted by Gasteiger charge is 2.32. The number of nitrogens with zero attached hydrogens (tertiary/aromatic N) is 4. The number of fused-ring (bicyclic) bond motifs is 1. The van der Waals surface area contributed by atoms with Crippen LogP contribution >= 0.6 is 12.4 Å². The first-order chi connectivity index (χ1) is 13.4. The van der Waals surface area contributed by atoms with Gasteiger partial charge >= 0.3 is 6.18 Å². The first-order valence-electron chi connectivity index (χ1n) is 9.06. The van der Waals surface area contributed by atoms with E-state index in [9.17, 15) is 13.2 Å². The summed E-state index contributed by atoms with van der Waals surface area (Å²) in [5.41, 5.74) is 1.29. The lowest BCUT2D eigenvalue weighted by molar-refractivity contribution is -0.137. The molecule has 6 nitrogen and oxygen atoms in total. The summed E-state index contributed by atoms with van der Waals surface area (Å²) in [4.78, 5) is 0. The Morgan fingerprint density at radius 3 is 2.66 bits per heavy atom. The normalized spacial score (nSPS) is 17.2. The number of ether oxygens (including phenoxy) is 1. The van der Waals surface area contributed by atoms with Crippen molar-refractivity contribution in [2.24, 2.45) is 0 Å². The Hall–Kier alpha value is -2.39. The monoisotopic (exact) mass is 427 g/mol. The second kappa shape index (κ2) is 8.16. The maximum atomic E-state index is 13.1. The molecular formula is C19H21ClF3N5O. The molecule has 0 amide bonds. The molecule has 1 aliphatic heterocycles. The summed E-state index contributed by atoms with van der Waals surface area (Å²) in [6.07, 6.45) is -0.645. The van der Waals surface area contributed by atoms with Crippen LogP contribution in [0.1, 0.15) is 30.0 Å². The molecule has 29 heavy (non-hydrogen) atoms. The molecule has 4 rings (SSSR count). The van der Waals surface area contributed by atoms with E-state index >= 15 is 0 Å². The largest absolute Gasteiger partial charge is 0.496 e. The highest BCUT2D eigenvalue weighted by molar-refractivity contribution is 5.85. The number of hydrogen-bond acceptors (Lipinski definition) is 5. The second-order valence-electron chi connectivity index (χ2n) is 6.97. The van der Waals surface area contributed by atoms with E-state index in [4.69, 9.17) is 4.74 Å². The second-order valence-corrected chi connectivity index (χ2v) is 6.97. The zero-order valence-electron chi connectivity index (χ0n) is 16.0. The van der Waals surface area contributed by atoms with Crippen LogP contribution in [0, 0.1) is 6.92 Å². The summed E-state index contributed by atoms with van der Waals surface area (Å²) in [5.74, 6) is 0.116. The van der Waals surface area contributed by atoms with Gasteiger partial charge in [-0.3, -0.25) is 0 Å². The standard InChI is InChI=1S/C19H20F3N5O.ClH/c1-11-6-13(19(20,21)22)8-16(28-2)17(11)15-7-12-9-24-27(18(12)26-25-15)14-4-3-5-23-10-14;/h6-9,14,23H,3-5,10H2,1-2H3;1H. The number of piperidine rings is 1. The van der Waals surface area contributed by atoms with Gasteiger partial charge in [0.2, 0.25) is 0 Å². The molecule has 0 aliphatic carbocycles. The predicted molar refractivity (Wildman–Crippen MR) is 105 cm³/mol. The van der Waals surface area contributed by atoms with Gasteiger partial charge in [-0.1, -0.05) is 0 Å². The molecule has 0 saturated carbocycles. The molecule has 3 aromatic rings. The summed E-state index contributed by atoms with van der Waals surface area (Å²) in [6, 6.07) is 4.10. The summed E-state index contributed by atoms with van der Waals surface area (Å²) in [5, 5.41) is 17.2. The zero-order valence-corrected chi connectivity index (χ0v) is 16.8. The molecule has 10 heteroatoms. The third kappa shape index (κ3) is 4.02. The van der Waals surface area contributed by atoms with Crippen molar-refractivity contribution >= 4 is 23.4 Å². The molecule has 1 aromatic carbocycles. The van der Waals surface area contributed by atoms with Gasteiger partial charge < -0.3 is 10.1 Å². The fourth-order valence-electron chi connectivity index (χ4n) is 3.69. The van der Waals surface area contributed by atoms with Gasteiger partial charge in [-0.25, -0.2) is 4.68 Å². The summed E-state index contributed by atoms with van der Waals surface area (Å²) in [6.45, 7) is 3.43. The molecule has 0 spiro atoms. The Kier molecular flexibility index (Phi) is 6.00. The van der Waals surface area contributed by atoms with E-state index in [0.29, 0.717) is 22.5 Å². The van der Waals surface area contributed by atoms with Crippen LogP contribution in [0.4, 0.5) is 13.2 Å². The fraction of sp³-hybridized carbons (Fsp3) is 0.421. The minimum Gasteiger partial charge on any atom is -0.496 e. The lowest BCUT2D eigenvalue weighted by Crippen LogP contribution is -2.32. The molecule has 0 radical (unpaired) electrons. The van der Waals surface area contributed by atoms with E-state index < -0.39 is 11.7 Å². The first kappa shape index (κ1) is 21.3. The number of nitrogens with one attached hydrogen (secondary N) is 1. The minimum absolute atomic E-state index is 0. The van der Waals surface area contributed by atoms with Gasteiger partial charge in [-0.05, 0) is 50.1 Å². The average molecular weight is 428 g/mol. The van der Waals surface area contributed by atoms with E-state index in [0.717, 1.165) is 43.5 Å². The van der Waals surface area contributed by atoms with E-state index in [1.807, 2.05) is 4.68 Å². The van der Waals surface area contributed by atoms with Crippen molar-refractivity contribution in [1.82, 2.24) is 25.3 Å². The SMILES string of the molecule is COc1cc(C(F)(F)F)cc(C)c1-c1cc2cnn(C3CCCNC3)c2nn1.Cl. The van der Waals surface area contributed by atoms with Gasteiger partial charge in [0.25, 0.3) is 0 Å². The maximum Gasteiger partial charge on any atom is 0.416 e. The Labute approximate surface area is 171 Å². The maximum absolute atomic E-state index is 13.1. The van der Waals surface area contributed by atoms with E-state index in [-0.39, 0.29) is 24.2 Å². The Balaban J connectivity index is 0.00000240. The molecule has 1 saturated heterocycles. The van der Waals surface area contributed by atoms with Crippen LogP contribution < -0.4 is 10.1 Å². The van der Waals surface area contributed by atoms with Crippen molar-refractivity contribution < 1.29 is 17.9 Å². The summed E-state index contributed by atoms with van der Waals surface area (Å²) >= 11 is 0. The van der Waals surface area contributed by atoms with E-state index in [1.54, 1.807) is 19.2 Å². The minimum atomic E-state index is -4.44. The highest BCUT2D eigenvalue weighted by Crippen LogP contribution is 2.39. The van der Waals surface area contributed by atoms with Crippen LogP contribution in [-0.2, 0) is 6.18 Å². The molecule has 0 bridgehead atoms. The van der Waals surface area contributed by atoms with Crippen LogP contribution in [0.3, 0.4) is 0 Å². The number of halogens is 4. The number of alkyl halides is 3. The van der Waals surface area contributed by atoms with Gasteiger partial charge in [0.1, 0.15) is 5.75 Å². The first-order valence-corrected chi connectivity index (χ1v) is 9.06. The van der Waals surface area contributed by atoms with Crippen LogP contribution in [-0.4, -0.2) is 40.2 Å². The molecule has 1 N–H and O–H groups in total. The van der Waals surface area contributed by atoms with E-state index in [2.05, 4.69) is 20.6 Å². The van der Waals surface area contributed by atoms with Crippen molar-refractivity contribution in [1.29, 1.82) is 0 Å². The van der Waals surface area contributed by atoms with Crippen molar-refractivity contribution in [2.45, 2.75) is 32.0 Å². The fourth-order valence-corrected chi connectivity index (χ4v) is 3.69. The van der Waals surface area contributed by atoms with Gasteiger partial charge in [-0.2, -0.15) is 18.3 Å². The zero-order chi connectivity index (χ0) is 19.9. The summed E-state index contributed by atoms with van der Waals surface area (Å²) in [7, 11) is 1.35. The molecule has 1 fully saturated rings. The molecular weight excluding hydrogens is 407 g/mol. The number of benzene rings is 1. The highest BCUT2D eigenvalue weighted by atomic mass is 35.5. The molecule has 1 atom stereocenters. The number of aromatic nitrogens is 4. The van der Waals surface area contributed by atoms with Crippen LogP contribution in [0.25, 0.3) is 22.3 Å². The Morgan fingerprint density at radius 1 is 1.21 bits per heavy atom. The topological polar surface area (TPSA) is 64.9 Å². The number of hydrogen-bond donors (Lipinski definition) is 1. The third-order valence-corrected chi connectivity index (χ3v) is 5.06. The molecule has 156 valence electrons. The lowest BCUT2D eigenvalue weighted by atomic mass is 10.00. The van der Waals surface area contributed by atoms with Gasteiger partial charge in [0.05, 0.1) is 30.6 Å². The quantitative estimate of drug-likeness (QED) is 0.679. The van der Waals surface area contributed by atoms with E-state index in [1.165, 1.54) is 7.11 Å². The molecule has 2 aromatic heterocycles. The Morgan fingerprint density at radius 2 is 2.00 bits per heavy atom. The molecule has 3 heterocycles. The Bertz CT molecular complexity index is 1010. The molecule has 1 aliphatic rings. The summed E-state index contributed by atoms with van der Waals surface area (Å²) < 4.78 is 46.4.